The van der Waals surface area contributed by atoms with Crippen molar-refractivity contribution < 1.29 is 17.9 Å². The van der Waals surface area contributed by atoms with Crippen molar-refractivity contribution in [3.05, 3.63) is 65.7 Å². The quantitative estimate of drug-likeness (QED) is 0.638. The van der Waals surface area contributed by atoms with Gasteiger partial charge in [-0.25, -0.2) is 12.7 Å². The molecular formula is C22H29N3O4S. The maximum absolute atomic E-state index is 12.5. The predicted octanol–water partition coefficient (Wildman–Crippen LogP) is 1.80. The fourth-order valence-electron chi connectivity index (χ4n) is 3.30. The van der Waals surface area contributed by atoms with Crippen molar-refractivity contribution in [2.24, 2.45) is 0 Å². The smallest absolute Gasteiger partial charge is 0.260 e. The first kappa shape index (κ1) is 22.3. The van der Waals surface area contributed by atoms with E-state index in [0.29, 0.717) is 25.4 Å². The van der Waals surface area contributed by atoms with E-state index in [9.17, 15) is 13.2 Å². The predicted molar refractivity (Wildman–Crippen MR) is 117 cm³/mol. The zero-order chi connectivity index (χ0) is 21.6. The summed E-state index contributed by atoms with van der Waals surface area (Å²) < 4.78 is 29.9. The SMILES string of the molecule is CN(Cc1ccc(OCC(=O)N2CCN(Cc3ccccc3)CC2)cc1)S(C)(=O)=O. The lowest BCUT2D eigenvalue weighted by Crippen LogP contribution is -2.49. The van der Waals surface area contributed by atoms with E-state index in [0.717, 1.165) is 25.2 Å². The molecule has 1 aliphatic rings. The highest BCUT2D eigenvalue weighted by Crippen LogP contribution is 2.15. The van der Waals surface area contributed by atoms with Gasteiger partial charge < -0.3 is 9.64 Å². The van der Waals surface area contributed by atoms with E-state index in [-0.39, 0.29) is 12.5 Å². The number of hydrogen-bond acceptors (Lipinski definition) is 5. The molecule has 0 radical (unpaired) electrons. The van der Waals surface area contributed by atoms with Crippen molar-refractivity contribution in [3.63, 3.8) is 0 Å². The summed E-state index contributed by atoms with van der Waals surface area (Å²) in [6, 6.07) is 17.5. The molecule has 162 valence electrons. The Bertz CT molecular complexity index is 925. The van der Waals surface area contributed by atoms with Gasteiger partial charge in [-0.15, -0.1) is 0 Å². The Labute approximate surface area is 178 Å². The van der Waals surface area contributed by atoms with Crippen LogP contribution < -0.4 is 4.74 Å². The molecule has 2 aromatic rings. The second-order valence-electron chi connectivity index (χ2n) is 7.59. The summed E-state index contributed by atoms with van der Waals surface area (Å²) in [5, 5.41) is 0. The summed E-state index contributed by atoms with van der Waals surface area (Å²) in [5.41, 5.74) is 2.14. The molecule has 1 saturated heterocycles. The Morgan fingerprint density at radius 2 is 1.60 bits per heavy atom. The minimum atomic E-state index is -3.22. The number of carbonyl (C=O) groups is 1. The van der Waals surface area contributed by atoms with Crippen LogP contribution in [0.1, 0.15) is 11.1 Å². The fraction of sp³-hybridized carbons (Fsp3) is 0.409. The molecule has 0 saturated carbocycles. The van der Waals surface area contributed by atoms with E-state index in [1.165, 1.54) is 23.2 Å². The molecule has 0 atom stereocenters. The highest BCUT2D eigenvalue weighted by atomic mass is 32.2. The van der Waals surface area contributed by atoms with Gasteiger partial charge in [0.25, 0.3) is 5.91 Å². The number of amides is 1. The Morgan fingerprint density at radius 1 is 0.967 bits per heavy atom. The third-order valence-corrected chi connectivity index (χ3v) is 6.49. The largest absolute Gasteiger partial charge is 0.484 e. The van der Waals surface area contributed by atoms with Gasteiger partial charge in [-0.3, -0.25) is 9.69 Å². The molecule has 1 fully saturated rings. The highest BCUT2D eigenvalue weighted by Gasteiger charge is 2.21. The van der Waals surface area contributed by atoms with E-state index in [1.807, 2.05) is 35.2 Å². The lowest BCUT2D eigenvalue weighted by atomic mass is 10.2. The van der Waals surface area contributed by atoms with E-state index >= 15 is 0 Å². The lowest BCUT2D eigenvalue weighted by Gasteiger charge is -2.34. The molecule has 30 heavy (non-hydrogen) atoms. The molecule has 0 N–H and O–H groups in total. The van der Waals surface area contributed by atoms with Gasteiger partial charge in [-0.05, 0) is 23.3 Å². The second-order valence-corrected chi connectivity index (χ2v) is 9.68. The molecular weight excluding hydrogens is 402 g/mol. The standard InChI is InChI=1S/C22H29N3O4S/c1-23(30(2,27)28)16-20-8-10-21(11-9-20)29-18-22(26)25-14-12-24(13-15-25)17-19-6-4-3-5-7-19/h3-11H,12-18H2,1-2H3. The van der Waals surface area contributed by atoms with Crippen molar-refractivity contribution in [2.45, 2.75) is 13.1 Å². The summed E-state index contributed by atoms with van der Waals surface area (Å²) in [6.45, 7) is 4.30. The number of benzene rings is 2. The molecule has 1 heterocycles. The van der Waals surface area contributed by atoms with Crippen LogP contribution in [0.3, 0.4) is 0 Å². The van der Waals surface area contributed by atoms with E-state index in [2.05, 4.69) is 17.0 Å². The monoisotopic (exact) mass is 431 g/mol. The summed E-state index contributed by atoms with van der Waals surface area (Å²) >= 11 is 0. The zero-order valence-corrected chi connectivity index (χ0v) is 18.3. The van der Waals surface area contributed by atoms with Crippen molar-refractivity contribution >= 4 is 15.9 Å². The number of carbonyl (C=O) groups excluding carboxylic acids is 1. The third kappa shape index (κ3) is 6.55. The van der Waals surface area contributed by atoms with E-state index < -0.39 is 10.0 Å². The van der Waals surface area contributed by atoms with Crippen LogP contribution in [0.4, 0.5) is 0 Å². The molecule has 1 aliphatic heterocycles. The van der Waals surface area contributed by atoms with Gasteiger partial charge in [0.2, 0.25) is 10.0 Å². The fourth-order valence-corrected chi connectivity index (χ4v) is 3.68. The molecule has 2 aromatic carbocycles. The average molecular weight is 432 g/mol. The Kier molecular flexibility index (Phi) is 7.47. The number of ether oxygens (including phenoxy) is 1. The van der Waals surface area contributed by atoms with Gasteiger partial charge in [0.1, 0.15) is 5.75 Å². The van der Waals surface area contributed by atoms with Crippen LogP contribution in [0.2, 0.25) is 0 Å². The molecule has 8 heteroatoms. The second kappa shape index (κ2) is 10.1. The number of piperazine rings is 1. The van der Waals surface area contributed by atoms with Crippen LogP contribution in [0, 0.1) is 0 Å². The maximum Gasteiger partial charge on any atom is 0.260 e. The summed E-state index contributed by atoms with van der Waals surface area (Å²) in [7, 11) is -1.68. The van der Waals surface area contributed by atoms with Crippen LogP contribution in [0.5, 0.6) is 5.75 Å². The molecule has 0 aliphatic carbocycles. The Morgan fingerprint density at radius 3 is 2.20 bits per heavy atom. The molecule has 0 aromatic heterocycles. The van der Waals surface area contributed by atoms with Crippen molar-refractivity contribution in [1.29, 1.82) is 0 Å². The lowest BCUT2D eigenvalue weighted by molar-refractivity contribution is -0.135. The topological polar surface area (TPSA) is 70.2 Å². The van der Waals surface area contributed by atoms with Gasteiger partial charge in [-0.2, -0.15) is 0 Å². The minimum Gasteiger partial charge on any atom is -0.484 e. The normalized spacial score (nSPS) is 15.4. The van der Waals surface area contributed by atoms with Crippen LogP contribution in [0.15, 0.2) is 54.6 Å². The Balaban J connectivity index is 1.41. The van der Waals surface area contributed by atoms with Crippen LogP contribution in [-0.2, 0) is 27.9 Å². The first-order valence-electron chi connectivity index (χ1n) is 9.98. The highest BCUT2D eigenvalue weighted by molar-refractivity contribution is 7.88. The number of nitrogens with zero attached hydrogens (tertiary/aromatic N) is 3. The van der Waals surface area contributed by atoms with Crippen LogP contribution in [0.25, 0.3) is 0 Å². The third-order valence-electron chi connectivity index (χ3n) is 5.23. The zero-order valence-electron chi connectivity index (χ0n) is 17.5. The van der Waals surface area contributed by atoms with Crippen molar-refractivity contribution in [1.82, 2.24) is 14.1 Å². The van der Waals surface area contributed by atoms with Crippen molar-refractivity contribution in [3.8, 4) is 5.75 Å². The molecule has 3 rings (SSSR count). The van der Waals surface area contributed by atoms with Gasteiger partial charge in [-0.1, -0.05) is 42.5 Å². The van der Waals surface area contributed by atoms with E-state index in [4.69, 9.17) is 4.74 Å². The molecule has 1 amide bonds. The summed E-state index contributed by atoms with van der Waals surface area (Å²) in [5.74, 6) is 0.576. The van der Waals surface area contributed by atoms with Crippen molar-refractivity contribution in [2.75, 3.05) is 46.1 Å². The molecule has 0 spiro atoms. The first-order valence-corrected chi connectivity index (χ1v) is 11.8. The number of hydrogen-bond donors (Lipinski definition) is 0. The van der Waals surface area contributed by atoms with E-state index in [1.54, 1.807) is 12.1 Å². The molecule has 7 nitrogen and oxygen atoms in total. The maximum atomic E-state index is 12.5. The van der Waals surface area contributed by atoms with Gasteiger partial charge in [0, 0.05) is 46.3 Å². The van der Waals surface area contributed by atoms with Gasteiger partial charge >= 0.3 is 0 Å². The summed E-state index contributed by atoms with van der Waals surface area (Å²) in [6.07, 6.45) is 1.18. The minimum absolute atomic E-state index is 0.00126. The molecule has 0 bridgehead atoms. The number of sulfonamides is 1. The van der Waals surface area contributed by atoms with Crippen LogP contribution in [-0.4, -0.2) is 74.5 Å². The Hall–Kier alpha value is -2.42. The summed E-state index contributed by atoms with van der Waals surface area (Å²) in [4.78, 5) is 16.7. The van der Waals surface area contributed by atoms with Gasteiger partial charge in [0.15, 0.2) is 6.61 Å². The number of rotatable bonds is 8. The molecule has 0 unspecified atom stereocenters. The van der Waals surface area contributed by atoms with Gasteiger partial charge in [0.05, 0.1) is 6.26 Å². The first-order chi connectivity index (χ1) is 14.3. The van der Waals surface area contributed by atoms with Crippen LogP contribution >= 0.6 is 0 Å². The average Bonchev–Trinajstić information content (AvgIpc) is 2.73.